The summed E-state index contributed by atoms with van der Waals surface area (Å²) in [5.74, 6) is 0.465. The molecular formula is C13H17NO3. The predicted octanol–water partition coefficient (Wildman–Crippen LogP) is 1.05. The Kier molecular flexibility index (Phi) is 3.07. The minimum atomic E-state index is -0.912. The summed E-state index contributed by atoms with van der Waals surface area (Å²) in [6.07, 6.45) is 1.05. The normalized spacial score (nSPS) is 22.1. The summed E-state index contributed by atoms with van der Waals surface area (Å²) in [6, 6.07) is 5.78. The highest BCUT2D eigenvalue weighted by Gasteiger charge is 2.41. The van der Waals surface area contributed by atoms with E-state index in [0.717, 1.165) is 16.9 Å². The Morgan fingerprint density at radius 3 is 2.76 bits per heavy atom. The molecule has 0 bridgehead atoms. The van der Waals surface area contributed by atoms with Gasteiger partial charge in [0.1, 0.15) is 11.3 Å². The minimum Gasteiger partial charge on any atom is -0.497 e. The van der Waals surface area contributed by atoms with E-state index in [4.69, 9.17) is 15.2 Å². The maximum absolute atomic E-state index is 11.8. The summed E-state index contributed by atoms with van der Waals surface area (Å²) < 4.78 is 10.2. The molecule has 2 rings (SSSR count). The van der Waals surface area contributed by atoms with Crippen LogP contribution in [0, 0.1) is 0 Å². The fourth-order valence-corrected chi connectivity index (χ4v) is 2.23. The number of benzene rings is 1. The average Bonchev–Trinajstić information content (AvgIpc) is 2.65. The average molecular weight is 235 g/mol. The lowest BCUT2D eigenvalue weighted by Gasteiger charge is -2.20. The number of carbonyl (C=O) groups is 1. The molecule has 0 aliphatic heterocycles. The fraction of sp³-hybridized carbons (Fsp3) is 0.462. The first kappa shape index (κ1) is 11.9. The van der Waals surface area contributed by atoms with E-state index in [2.05, 4.69) is 0 Å². The molecule has 1 atom stereocenters. The third-order valence-electron chi connectivity index (χ3n) is 3.11. The van der Waals surface area contributed by atoms with Crippen molar-refractivity contribution in [2.45, 2.75) is 25.3 Å². The van der Waals surface area contributed by atoms with Gasteiger partial charge in [0.05, 0.1) is 13.7 Å². The molecule has 1 aromatic rings. The van der Waals surface area contributed by atoms with Crippen LogP contribution < -0.4 is 10.5 Å². The summed E-state index contributed by atoms with van der Waals surface area (Å²) in [5, 5.41) is 0. The van der Waals surface area contributed by atoms with Crippen molar-refractivity contribution in [3.63, 3.8) is 0 Å². The van der Waals surface area contributed by atoms with Crippen molar-refractivity contribution >= 4 is 5.97 Å². The van der Waals surface area contributed by atoms with Gasteiger partial charge in [-0.25, -0.2) is 0 Å². The minimum absolute atomic E-state index is 0.324. The number of nitrogens with two attached hydrogens (primary N) is 1. The van der Waals surface area contributed by atoms with Crippen LogP contribution in [-0.2, 0) is 22.4 Å². The van der Waals surface area contributed by atoms with Crippen molar-refractivity contribution in [3.05, 3.63) is 29.3 Å². The number of ether oxygens (including phenoxy) is 2. The second kappa shape index (κ2) is 4.37. The molecule has 0 amide bonds. The van der Waals surface area contributed by atoms with Gasteiger partial charge < -0.3 is 15.2 Å². The van der Waals surface area contributed by atoms with Crippen LogP contribution in [0.5, 0.6) is 5.75 Å². The number of methoxy groups -OCH3 is 1. The van der Waals surface area contributed by atoms with Crippen molar-refractivity contribution < 1.29 is 14.3 Å². The number of esters is 1. The lowest BCUT2D eigenvalue weighted by molar-refractivity contribution is -0.149. The van der Waals surface area contributed by atoms with Gasteiger partial charge in [-0.05, 0) is 30.2 Å². The highest BCUT2D eigenvalue weighted by molar-refractivity contribution is 5.83. The maximum atomic E-state index is 11.8. The monoisotopic (exact) mass is 235 g/mol. The number of rotatable bonds is 3. The summed E-state index contributed by atoms with van der Waals surface area (Å²) in [4.78, 5) is 11.8. The Labute approximate surface area is 101 Å². The van der Waals surface area contributed by atoms with E-state index in [-0.39, 0.29) is 5.97 Å². The summed E-state index contributed by atoms with van der Waals surface area (Å²) in [5.41, 5.74) is 7.37. The highest BCUT2D eigenvalue weighted by atomic mass is 16.5. The molecule has 0 saturated heterocycles. The van der Waals surface area contributed by atoms with Crippen molar-refractivity contribution in [3.8, 4) is 5.75 Å². The van der Waals surface area contributed by atoms with E-state index in [1.54, 1.807) is 14.0 Å². The summed E-state index contributed by atoms with van der Waals surface area (Å²) in [7, 11) is 1.62. The third-order valence-corrected chi connectivity index (χ3v) is 3.11. The molecule has 1 aliphatic rings. The van der Waals surface area contributed by atoms with Gasteiger partial charge in [0.2, 0.25) is 0 Å². The Balaban J connectivity index is 2.23. The van der Waals surface area contributed by atoms with Crippen LogP contribution >= 0.6 is 0 Å². The van der Waals surface area contributed by atoms with Crippen molar-refractivity contribution in [1.29, 1.82) is 0 Å². The van der Waals surface area contributed by atoms with Crippen LogP contribution in [0.3, 0.4) is 0 Å². The summed E-state index contributed by atoms with van der Waals surface area (Å²) >= 11 is 0. The Morgan fingerprint density at radius 2 is 2.12 bits per heavy atom. The second-order valence-electron chi connectivity index (χ2n) is 4.36. The van der Waals surface area contributed by atoms with Crippen molar-refractivity contribution in [1.82, 2.24) is 0 Å². The van der Waals surface area contributed by atoms with Gasteiger partial charge in [0.25, 0.3) is 0 Å². The van der Waals surface area contributed by atoms with E-state index in [1.165, 1.54) is 0 Å². The SMILES string of the molecule is CCOC(=O)[C@@]1(N)Cc2ccc(OC)cc2C1. The summed E-state index contributed by atoms with van der Waals surface area (Å²) in [6.45, 7) is 2.14. The van der Waals surface area contributed by atoms with E-state index < -0.39 is 5.54 Å². The molecule has 1 aromatic carbocycles. The van der Waals surface area contributed by atoms with Crippen LogP contribution in [0.25, 0.3) is 0 Å². The van der Waals surface area contributed by atoms with E-state index in [9.17, 15) is 4.79 Å². The van der Waals surface area contributed by atoms with E-state index in [0.29, 0.717) is 19.4 Å². The molecule has 0 fully saturated rings. The van der Waals surface area contributed by atoms with Gasteiger partial charge in [-0.3, -0.25) is 4.79 Å². The van der Waals surface area contributed by atoms with Gasteiger partial charge in [0.15, 0.2) is 0 Å². The smallest absolute Gasteiger partial charge is 0.326 e. The first-order chi connectivity index (χ1) is 8.09. The van der Waals surface area contributed by atoms with Gasteiger partial charge in [-0.15, -0.1) is 0 Å². The topological polar surface area (TPSA) is 61.5 Å². The molecule has 0 heterocycles. The van der Waals surface area contributed by atoms with Crippen LogP contribution in [0.2, 0.25) is 0 Å². The zero-order chi connectivity index (χ0) is 12.5. The fourth-order valence-electron chi connectivity index (χ4n) is 2.23. The molecule has 0 spiro atoms. The molecule has 2 N–H and O–H groups in total. The molecular weight excluding hydrogens is 218 g/mol. The molecule has 17 heavy (non-hydrogen) atoms. The third kappa shape index (κ3) is 2.13. The van der Waals surface area contributed by atoms with Crippen molar-refractivity contribution in [2.75, 3.05) is 13.7 Å². The van der Waals surface area contributed by atoms with Crippen LogP contribution in [-0.4, -0.2) is 25.2 Å². The second-order valence-corrected chi connectivity index (χ2v) is 4.36. The van der Waals surface area contributed by atoms with E-state index >= 15 is 0 Å². The van der Waals surface area contributed by atoms with Crippen LogP contribution in [0.1, 0.15) is 18.1 Å². The Morgan fingerprint density at radius 1 is 1.41 bits per heavy atom. The zero-order valence-electron chi connectivity index (χ0n) is 10.2. The quantitative estimate of drug-likeness (QED) is 0.796. The first-order valence-corrected chi connectivity index (χ1v) is 5.71. The number of fused-ring (bicyclic) bond motifs is 1. The molecule has 0 saturated carbocycles. The van der Waals surface area contributed by atoms with Crippen LogP contribution in [0.15, 0.2) is 18.2 Å². The number of hydrogen-bond donors (Lipinski definition) is 1. The molecule has 92 valence electrons. The molecule has 0 unspecified atom stereocenters. The van der Waals surface area contributed by atoms with Gasteiger partial charge in [-0.1, -0.05) is 6.07 Å². The van der Waals surface area contributed by atoms with Crippen molar-refractivity contribution in [2.24, 2.45) is 5.73 Å². The van der Waals surface area contributed by atoms with E-state index in [1.807, 2.05) is 18.2 Å². The molecule has 1 aliphatic carbocycles. The maximum Gasteiger partial charge on any atom is 0.326 e. The molecule has 0 radical (unpaired) electrons. The lowest BCUT2D eigenvalue weighted by atomic mass is 9.98. The molecule has 4 heteroatoms. The Hall–Kier alpha value is -1.55. The standard InChI is InChI=1S/C13H17NO3/c1-3-17-12(15)13(14)7-9-4-5-11(16-2)6-10(9)8-13/h4-6H,3,7-8,14H2,1-2H3/t13-/m1/s1. The van der Waals surface area contributed by atoms with Gasteiger partial charge in [-0.2, -0.15) is 0 Å². The zero-order valence-corrected chi connectivity index (χ0v) is 10.2. The number of hydrogen-bond acceptors (Lipinski definition) is 4. The largest absolute Gasteiger partial charge is 0.497 e. The number of carbonyl (C=O) groups excluding carboxylic acids is 1. The first-order valence-electron chi connectivity index (χ1n) is 5.71. The highest BCUT2D eigenvalue weighted by Crippen LogP contribution is 2.31. The predicted molar refractivity (Wildman–Crippen MR) is 64.0 cm³/mol. The molecule has 0 aromatic heterocycles. The Bertz CT molecular complexity index is 444. The van der Waals surface area contributed by atoms with Gasteiger partial charge in [0, 0.05) is 12.8 Å². The van der Waals surface area contributed by atoms with Crippen LogP contribution in [0.4, 0.5) is 0 Å². The lowest BCUT2D eigenvalue weighted by Crippen LogP contribution is -2.50. The van der Waals surface area contributed by atoms with Gasteiger partial charge >= 0.3 is 5.97 Å². The molecule has 4 nitrogen and oxygen atoms in total.